The summed E-state index contributed by atoms with van der Waals surface area (Å²) in [5, 5.41) is 0.0142. The van der Waals surface area contributed by atoms with Crippen molar-refractivity contribution in [2.24, 2.45) is 16.7 Å². The third kappa shape index (κ3) is 4.34. The highest BCUT2D eigenvalue weighted by atomic mass is 32.2. The van der Waals surface area contributed by atoms with E-state index in [9.17, 15) is 4.21 Å². The number of benzene rings is 2. The summed E-state index contributed by atoms with van der Waals surface area (Å²) in [6.07, 6.45) is 5.53. The van der Waals surface area contributed by atoms with E-state index in [0.717, 1.165) is 32.1 Å². The Morgan fingerprint density at radius 1 is 1.06 bits per heavy atom. The van der Waals surface area contributed by atoms with E-state index in [-0.39, 0.29) is 28.2 Å². The maximum absolute atomic E-state index is 14.0. The van der Waals surface area contributed by atoms with Gasteiger partial charge in [0.1, 0.15) is 0 Å². The second kappa shape index (κ2) is 9.79. The summed E-state index contributed by atoms with van der Waals surface area (Å²) < 4.78 is 24.2. The molecule has 0 heterocycles. The second-order valence-corrected chi connectivity index (χ2v) is 11.9. The zero-order valence-electron chi connectivity index (χ0n) is 20.1. The maximum Gasteiger partial charge on any atom is 0.0982 e. The number of rotatable bonds is 10. The van der Waals surface area contributed by atoms with E-state index in [4.69, 9.17) is 4.74 Å². The normalized spacial score (nSPS) is 30.3. The van der Waals surface area contributed by atoms with Crippen LogP contribution >= 0.6 is 0 Å². The van der Waals surface area contributed by atoms with E-state index >= 15 is 0 Å². The van der Waals surface area contributed by atoms with Crippen molar-refractivity contribution in [1.29, 1.82) is 0 Å². The molecule has 2 bridgehead atoms. The van der Waals surface area contributed by atoms with Gasteiger partial charge in [-0.1, -0.05) is 101 Å². The Balaban J connectivity index is 1.56. The molecule has 2 aliphatic carbocycles. The monoisotopic (exact) mass is 453 g/mol. The molecule has 3 nitrogen and oxygen atoms in total. The van der Waals surface area contributed by atoms with Crippen LogP contribution in [0, 0.1) is 16.7 Å². The van der Waals surface area contributed by atoms with Gasteiger partial charge in [-0.3, -0.25) is 0 Å². The first-order valence-corrected chi connectivity index (χ1v) is 13.5. The number of fused-ring (bicyclic) bond motifs is 2. The van der Waals surface area contributed by atoms with Crippen LogP contribution < -0.4 is 4.72 Å². The molecular weight excluding hydrogens is 414 g/mol. The first kappa shape index (κ1) is 23.7. The molecule has 0 saturated heterocycles. The highest BCUT2D eigenvalue weighted by molar-refractivity contribution is 7.83. The average molecular weight is 454 g/mol. The predicted octanol–water partition coefficient (Wildman–Crippen LogP) is 6.58. The highest BCUT2D eigenvalue weighted by Gasteiger charge is 2.68. The minimum Gasteiger partial charge on any atom is -0.372 e. The minimum absolute atomic E-state index is 0.00705. The SMILES string of the molecule is CCCC[C@@H](N[S@](=O)[C@@H]1[C@H]2CC[C@@](C)([C@@H]1OCc1ccccc1)C2(C)C)c1ccccc1. The molecule has 2 aromatic rings. The van der Waals surface area contributed by atoms with Crippen LogP contribution in [0.1, 0.15) is 77.0 Å². The molecule has 0 unspecified atom stereocenters. The van der Waals surface area contributed by atoms with Crippen LogP contribution in [-0.4, -0.2) is 15.6 Å². The molecule has 0 amide bonds. The quantitative estimate of drug-likeness (QED) is 0.441. The Morgan fingerprint density at radius 3 is 2.38 bits per heavy atom. The zero-order chi connectivity index (χ0) is 22.8. The predicted molar refractivity (Wildman–Crippen MR) is 133 cm³/mol. The average Bonchev–Trinajstić information content (AvgIpc) is 3.13. The lowest BCUT2D eigenvalue weighted by Gasteiger charge is -2.40. The van der Waals surface area contributed by atoms with E-state index < -0.39 is 11.0 Å². The van der Waals surface area contributed by atoms with Gasteiger partial charge in [0, 0.05) is 11.5 Å². The van der Waals surface area contributed by atoms with Crippen LogP contribution in [-0.2, 0) is 22.3 Å². The van der Waals surface area contributed by atoms with Gasteiger partial charge < -0.3 is 4.74 Å². The third-order valence-corrected chi connectivity index (χ3v) is 10.1. The molecule has 2 aromatic carbocycles. The first-order chi connectivity index (χ1) is 15.4. The Bertz CT molecular complexity index is 900. The van der Waals surface area contributed by atoms with Gasteiger partial charge in [0.05, 0.1) is 28.9 Å². The van der Waals surface area contributed by atoms with Crippen LogP contribution in [0.4, 0.5) is 0 Å². The summed E-state index contributed by atoms with van der Waals surface area (Å²) in [6.45, 7) is 9.89. The van der Waals surface area contributed by atoms with Crippen molar-refractivity contribution >= 4 is 11.0 Å². The molecule has 2 fully saturated rings. The summed E-state index contributed by atoms with van der Waals surface area (Å²) in [5.74, 6) is 0.407. The van der Waals surface area contributed by atoms with Gasteiger partial charge in [-0.05, 0) is 41.7 Å². The summed E-state index contributed by atoms with van der Waals surface area (Å²) in [7, 11) is -1.16. The first-order valence-electron chi connectivity index (χ1n) is 12.3. The maximum atomic E-state index is 14.0. The van der Waals surface area contributed by atoms with Crippen LogP contribution in [0.15, 0.2) is 60.7 Å². The molecule has 2 saturated carbocycles. The molecule has 174 valence electrons. The fraction of sp³-hybridized carbons (Fsp3) is 0.571. The molecule has 6 atom stereocenters. The number of hydrogen-bond acceptors (Lipinski definition) is 2. The molecule has 0 radical (unpaired) electrons. The van der Waals surface area contributed by atoms with Gasteiger partial charge in [0.2, 0.25) is 0 Å². The van der Waals surface area contributed by atoms with E-state index in [1.54, 1.807) is 0 Å². The van der Waals surface area contributed by atoms with Crippen molar-refractivity contribution in [3.63, 3.8) is 0 Å². The number of ether oxygens (including phenoxy) is 1. The lowest BCUT2D eigenvalue weighted by Crippen LogP contribution is -2.46. The highest BCUT2D eigenvalue weighted by Crippen LogP contribution is 2.67. The van der Waals surface area contributed by atoms with Crippen molar-refractivity contribution in [3.8, 4) is 0 Å². The van der Waals surface area contributed by atoms with E-state index in [1.807, 2.05) is 12.1 Å². The van der Waals surface area contributed by atoms with Crippen molar-refractivity contribution in [1.82, 2.24) is 4.72 Å². The van der Waals surface area contributed by atoms with Crippen LogP contribution in [0.5, 0.6) is 0 Å². The summed E-state index contributed by atoms with van der Waals surface area (Å²) in [5.41, 5.74) is 2.56. The fourth-order valence-electron chi connectivity index (χ4n) is 6.13. The molecule has 4 rings (SSSR count). The van der Waals surface area contributed by atoms with E-state index in [1.165, 1.54) is 11.1 Å². The molecule has 2 aliphatic rings. The van der Waals surface area contributed by atoms with Crippen LogP contribution in [0.2, 0.25) is 0 Å². The minimum atomic E-state index is -1.16. The summed E-state index contributed by atoms with van der Waals surface area (Å²) >= 11 is 0. The topological polar surface area (TPSA) is 38.3 Å². The van der Waals surface area contributed by atoms with Crippen molar-refractivity contribution in [2.45, 2.75) is 83.8 Å². The Hall–Kier alpha value is -1.49. The fourth-order valence-corrected chi connectivity index (χ4v) is 8.20. The number of nitrogens with one attached hydrogen (secondary N) is 1. The van der Waals surface area contributed by atoms with Crippen molar-refractivity contribution in [2.75, 3.05) is 0 Å². The van der Waals surface area contributed by atoms with Crippen LogP contribution in [0.25, 0.3) is 0 Å². The van der Waals surface area contributed by atoms with Crippen molar-refractivity contribution in [3.05, 3.63) is 71.8 Å². The van der Waals surface area contributed by atoms with E-state index in [2.05, 4.69) is 80.9 Å². The van der Waals surface area contributed by atoms with Crippen LogP contribution in [0.3, 0.4) is 0 Å². The van der Waals surface area contributed by atoms with Crippen molar-refractivity contribution < 1.29 is 8.95 Å². The standard InChI is InChI=1S/C28H39NO2S/c1-5-6-17-24(22-15-11-8-12-16-22)29-32(30)25-23-18-19-28(4,27(23,2)3)26(25)31-20-21-13-9-7-10-14-21/h7-16,23-26,29H,5-6,17-20H2,1-4H3/t23-,24-,25-,26-,28+,32-/m1/s1. The number of unbranched alkanes of at least 4 members (excludes halogenated alkanes) is 1. The van der Waals surface area contributed by atoms with E-state index in [0.29, 0.717) is 12.5 Å². The number of hydrogen-bond donors (Lipinski definition) is 1. The smallest absolute Gasteiger partial charge is 0.0982 e. The molecule has 32 heavy (non-hydrogen) atoms. The molecule has 0 spiro atoms. The molecule has 0 aliphatic heterocycles. The second-order valence-electron chi connectivity index (χ2n) is 10.5. The Labute approximate surface area is 196 Å². The van der Waals surface area contributed by atoms with Gasteiger partial charge >= 0.3 is 0 Å². The van der Waals surface area contributed by atoms with Gasteiger partial charge in [-0.15, -0.1) is 0 Å². The molecule has 0 aromatic heterocycles. The Morgan fingerprint density at radius 2 is 1.72 bits per heavy atom. The molecule has 1 N–H and O–H groups in total. The van der Waals surface area contributed by atoms with Gasteiger partial charge in [0.15, 0.2) is 0 Å². The van der Waals surface area contributed by atoms with Gasteiger partial charge in [-0.25, -0.2) is 8.93 Å². The molecule has 4 heteroatoms. The molecular formula is C28H39NO2S. The summed E-state index contributed by atoms with van der Waals surface area (Å²) in [6, 6.07) is 21.0. The third-order valence-electron chi connectivity index (χ3n) is 8.52. The zero-order valence-corrected chi connectivity index (χ0v) is 20.9. The largest absolute Gasteiger partial charge is 0.372 e. The van der Waals surface area contributed by atoms with Gasteiger partial charge in [-0.2, -0.15) is 0 Å². The lowest BCUT2D eigenvalue weighted by molar-refractivity contribution is -0.0531. The van der Waals surface area contributed by atoms with Gasteiger partial charge in [0.25, 0.3) is 0 Å². The lowest BCUT2D eigenvalue weighted by atomic mass is 9.70. The summed E-state index contributed by atoms with van der Waals surface area (Å²) in [4.78, 5) is 0. The Kier molecular flexibility index (Phi) is 7.24.